The third-order valence-corrected chi connectivity index (χ3v) is 4.50. The molecule has 0 bridgehead atoms. The fraction of sp³-hybridized carbons (Fsp3) is 0.611. The van der Waals surface area contributed by atoms with Crippen molar-refractivity contribution in [3.8, 4) is 0 Å². The summed E-state index contributed by atoms with van der Waals surface area (Å²) >= 11 is 0. The summed E-state index contributed by atoms with van der Waals surface area (Å²) in [6.07, 6.45) is 1.56. The highest BCUT2D eigenvalue weighted by Gasteiger charge is 2.22. The van der Waals surface area contributed by atoms with Crippen molar-refractivity contribution < 1.29 is 13.9 Å². The van der Waals surface area contributed by atoms with Crippen molar-refractivity contribution in [1.29, 1.82) is 0 Å². The molecular weight excluding hydrogens is 295 g/mol. The summed E-state index contributed by atoms with van der Waals surface area (Å²) < 4.78 is 18.0. The molecule has 1 aliphatic rings. The van der Waals surface area contributed by atoms with Gasteiger partial charge in [0.2, 0.25) is 5.91 Å². The first-order chi connectivity index (χ1) is 11.1. The predicted octanol–water partition coefficient (Wildman–Crippen LogP) is 2.40. The molecule has 1 N–H and O–H groups in total. The van der Waals surface area contributed by atoms with Crippen LogP contribution in [-0.2, 0) is 9.53 Å². The first kappa shape index (κ1) is 17.9. The number of hydrogen-bond acceptors (Lipinski definition) is 3. The number of benzene rings is 1. The Morgan fingerprint density at radius 1 is 1.43 bits per heavy atom. The standard InChI is InChI=1S/C18H27FN2O2/c1-14(16-3-5-17(19)6-4-16)11-18(22)20-12-15-7-8-21(13-15)9-10-23-2/h3-6,14-15H,7-13H2,1-2H3,(H,20,22)/t14-,15+/m1/s1. The Hall–Kier alpha value is -1.46. The van der Waals surface area contributed by atoms with Crippen LogP contribution in [0.5, 0.6) is 0 Å². The molecule has 0 radical (unpaired) electrons. The zero-order chi connectivity index (χ0) is 16.7. The molecule has 1 aromatic carbocycles. The lowest BCUT2D eigenvalue weighted by Gasteiger charge is -2.16. The summed E-state index contributed by atoms with van der Waals surface area (Å²) in [7, 11) is 1.72. The van der Waals surface area contributed by atoms with Gasteiger partial charge >= 0.3 is 0 Å². The van der Waals surface area contributed by atoms with Crippen LogP contribution >= 0.6 is 0 Å². The van der Waals surface area contributed by atoms with Crippen LogP contribution in [0.2, 0.25) is 0 Å². The summed E-state index contributed by atoms with van der Waals surface area (Å²) in [6, 6.07) is 6.38. The number of hydrogen-bond donors (Lipinski definition) is 1. The minimum Gasteiger partial charge on any atom is -0.383 e. The Kier molecular flexibility index (Phi) is 6.99. The minimum atomic E-state index is -0.246. The fourth-order valence-corrected chi connectivity index (χ4v) is 3.02. The summed E-state index contributed by atoms with van der Waals surface area (Å²) in [5, 5.41) is 3.04. The van der Waals surface area contributed by atoms with Crippen molar-refractivity contribution in [2.45, 2.75) is 25.7 Å². The lowest BCUT2D eigenvalue weighted by atomic mass is 9.97. The summed E-state index contributed by atoms with van der Waals surface area (Å²) in [6.45, 7) is 6.55. The average molecular weight is 322 g/mol. The van der Waals surface area contributed by atoms with E-state index in [4.69, 9.17) is 4.74 Å². The smallest absolute Gasteiger partial charge is 0.220 e. The Balaban J connectivity index is 1.68. The molecule has 128 valence electrons. The average Bonchev–Trinajstić information content (AvgIpc) is 2.99. The van der Waals surface area contributed by atoms with Crippen LogP contribution in [0, 0.1) is 11.7 Å². The van der Waals surface area contributed by atoms with E-state index in [0.29, 0.717) is 12.3 Å². The monoisotopic (exact) mass is 322 g/mol. The van der Waals surface area contributed by atoms with Gasteiger partial charge in [-0.25, -0.2) is 4.39 Å². The van der Waals surface area contributed by atoms with Gasteiger partial charge in [0.15, 0.2) is 0 Å². The molecule has 23 heavy (non-hydrogen) atoms. The number of nitrogens with one attached hydrogen (secondary N) is 1. The lowest BCUT2D eigenvalue weighted by molar-refractivity contribution is -0.121. The van der Waals surface area contributed by atoms with E-state index in [2.05, 4.69) is 10.2 Å². The van der Waals surface area contributed by atoms with E-state index in [1.807, 2.05) is 6.92 Å². The Morgan fingerprint density at radius 2 is 2.17 bits per heavy atom. The van der Waals surface area contributed by atoms with Gasteiger partial charge in [-0.2, -0.15) is 0 Å². The van der Waals surface area contributed by atoms with Crippen LogP contribution in [0.1, 0.15) is 31.2 Å². The molecule has 0 saturated carbocycles. The maximum Gasteiger partial charge on any atom is 0.220 e. The zero-order valence-corrected chi connectivity index (χ0v) is 14.1. The van der Waals surface area contributed by atoms with Crippen LogP contribution in [0.15, 0.2) is 24.3 Å². The van der Waals surface area contributed by atoms with E-state index in [9.17, 15) is 9.18 Å². The second-order valence-electron chi connectivity index (χ2n) is 6.41. The maximum absolute atomic E-state index is 12.9. The van der Waals surface area contributed by atoms with Crippen molar-refractivity contribution in [2.75, 3.05) is 39.9 Å². The molecule has 1 aliphatic heterocycles. The molecule has 0 aliphatic carbocycles. The van der Waals surface area contributed by atoms with Crippen LogP contribution in [0.4, 0.5) is 4.39 Å². The molecule has 1 amide bonds. The highest BCUT2D eigenvalue weighted by atomic mass is 19.1. The van der Waals surface area contributed by atoms with Gasteiger partial charge in [-0.3, -0.25) is 4.79 Å². The van der Waals surface area contributed by atoms with E-state index in [1.54, 1.807) is 19.2 Å². The van der Waals surface area contributed by atoms with Crippen molar-refractivity contribution in [3.63, 3.8) is 0 Å². The molecule has 1 heterocycles. The molecule has 2 rings (SSSR count). The summed E-state index contributed by atoms with van der Waals surface area (Å²) in [5.74, 6) is 0.441. The molecule has 0 spiro atoms. The van der Waals surface area contributed by atoms with Gasteiger partial charge in [-0.1, -0.05) is 19.1 Å². The van der Waals surface area contributed by atoms with Crippen LogP contribution in [0.25, 0.3) is 0 Å². The van der Waals surface area contributed by atoms with Crippen molar-refractivity contribution in [1.82, 2.24) is 10.2 Å². The minimum absolute atomic E-state index is 0.0668. The molecular formula is C18H27FN2O2. The normalized spacial score (nSPS) is 19.7. The van der Waals surface area contributed by atoms with Crippen LogP contribution in [-0.4, -0.2) is 50.7 Å². The van der Waals surface area contributed by atoms with Crippen LogP contribution < -0.4 is 5.32 Å². The van der Waals surface area contributed by atoms with Gasteiger partial charge in [0.05, 0.1) is 6.61 Å². The highest BCUT2D eigenvalue weighted by molar-refractivity contribution is 5.76. The molecule has 0 aromatic heterocycles. The molecule has 1 fully saturated rings. The number of rotatable bonds is 8. The number of ether oxygens (including phenoxy) is 1. The highest BCUT2D eigenvalue weighted by Crippen LogP contribution is 2.19. The zero-order valence-electron chi connectivity index (χ0n) is 14.1. The first-order valence-electron chi connectivity index (χ1n) is 8.32. The Labute approximate surface area is 138 Å². The molecule has 0 unspecified atom stereocenters. The molecule has 2 atom stereocenters. The number of amides is 1. The van der Waals surface area contributed by atoms with Crippen molar-refractivity contribution in [3.05, 3.63) is 35.6 Å². The van der Waals surface area contributed by atoms with E-state index in [0.717, 1.165) is 44.8 Å². The topological polar surface area (TPSA) is 41.6 Å². The summed E-state index contributed by atoms with van der Waals surface area (Å²) in [5.41, 5.74) is 0.994. The van der Waals surface area contributed by atoms with Gasteiger partial charge in [0.1, 0.15) is 5.82 Å². The van der Waals surface area contributed by atoms with E-state index < -0.39 is 0 Å². The summed E-state index contributed by atoms with van der Waals surface area (Å²) in [4.78, 5) is 14.5. The SMILES string of the molecule is COCCN1CC[C@@H](CNC(=O)C[C@@H](C)c2ccc(F)cc2)C1. The fourth-order valence-electron chi connectivity index (χ4n) is 3.02. The van der Waals surface area contributed by atoms with E-state index >= 15 is 0 Å². The van der Waals surface area contributed by atoms with Gasteiger partial charge in [0.25, 0.3) is 0 Å². The third kappa shape index (κ3) is 5.92. The van der Waals surface area contributed by atoms with E-state index in [-0.39, 0.29) is 17.6 Å². The molecule has 5 heteroatoms. The molecule has 4 nitrogen and oxygen atoms in total. The largest absolute Gasteiger partial charge is 0.383 e. The van der Waals surface area contributed by atoms with Crippen molar-refractivity contribution >= 4 is 5.91 Å². The second kappa shape index (κ2) is 8.99. The van der Waals surface area contributed by atoms with Gasteiger partial charge in [-0.05, 0) is 42.5 Å². The third-order valence-electron chi connectivity index (χ3n) is 4.50. The number of carbonyl (C=O) groups excluding carboxylic acids is 1. The van der Waals surface area contributed by atoms with Gasteiger partial charge < -0.3 is 15.0 Å². The molecule has 1 saturated heterocycles. The molecule has 1 aromatic rings. The number of halogens is 1. The lowest BCUT2D eigenvalue weighted by Crippen LogP contribution is -2.32. The predicted molar refractivity (Wildman–Crippen MR) is 88.9 cm³/mol. The number of carbonyl (C=O) groups is 1. The Morgan fingerprint density at radius 3 is 2.87 bits per heavy atom. The first-order valence-corrected chi connectivity index (χ1v) is 8.32. The van der Waals surface area contributed by atoms with E-state index in [1.165, 1.54) is 12.1 Å². The number of nitrogens with zero attached hydrogens (tertiary/aromatic N) is 1. The quantitative estimate of drug-likeness (QED) is 0.799. The van der Waals surface area contributed by atoms with Crippen molar-refractivity contribution in [2.24, 2.45) is 5.92 Å². The second-order valence-corrected chi connectivity index (χ2v) is 6.41. The Bertz CT molecular complexity index is 492. The van der Waals surface area contributed by atoms with Gasteiger partial charge in [-0.15, -0.1) is 0 Å². The maximum atomic E-state index is 12.9. The van der Waals surface area contributed by atoms with Gasteiger partial charge in [0, 0.05) is 33.2 Å². The number of methoxy groups -OCH3 is 1. The number of likely N-dealkylation sites (tertiary alicyclic amines) is 1. The van der Waals surface area contributed by atoms with Crippen LogP contribution in [0.3, 0.4) is 0 Å².